The molecule has 1 aliphatic heterocycles. The van der Waals surface area contributed by atoms with E-state index in [0.29, 0.717) is 12.2 Å². The quantitative estimate of drug-likeness (QED) is 0.572. The Morgan fingerprint density at radius 1 is 1.41 bits per heavy atom. The van der Waals surface area contributed by atoms with Gasteiger partial charge in [0.15, 0.2) is 0 Å². The van der Waals surface area contributed by atoms with Gasteiger partial charge in [-0.25, -0.2) is 0 Å². The van der Waals surface area contributed by atoms with Gasteiger partial charge in [-0.3, -0.25) is 4.79 Å². The van der Waals surface area contributed by atoms with Gasteiger partial charge in [-0.15, -0.1) is 5.92 Å². The first-order valence-electron chi connectivity index (χ1n) is 5.66. The number of rotatable bonds is 2. The van der Waals surface area contributed by atoms with E-state index in [0.717, 1.165) is 12.0 Å². The molecule has 1 aromatic rings. The number of benzene rings is 1. The average molecular weight is 226 g/mol. The van der Waals surface area contributed by atoms with Crippen molar-refractivity contribution in [2.24, 2.45) is 5.92 Å². The minimum atomic E-state index is -0.141. The summed E-state index contributed by atoms with van der Waals surface area (Å²) in [4.78, 5) is 11.6. The van der Waals surface area contributed by atoms with Crippen LogP contribution in [0, 0.1) is 17.8 Å². The number of cyclic esters (lactones) is 1. The lowest BCUT2D eigenvalue weighted by Crippen LogP contribution is -2.10. The highest BCUT2D eigenvalue weighted by molar-refractivity contribution is 5.77. The second-order valence-electron chi connectivity index (χ2n) is 4.02. The zero-order valence-electron chi connectivity index (χ0n) is 9.77. The molecule has 0 spiro atoms. The van der Waals surface area contributed by atoms with E-state index in [1.54, 1.807) is 13.0 Å². The summed E-state index contributed by atoms with van der Waals surface area (Å²) in [6.07, 6.45) is 3.07. The SMILES string of the molecule is CC#C/C=C1\CC(Cc2ccccc2)C(=O)O1. The Morgan fingerprint density at radius 2 is 2.18 bits per heavy atom. The van der Waals surface area contributed by atoms with Crippen molar-refractivity contribution in [1.82, 2.24) is 0 Å². The van der Waals surface area contributed by atoms with Gasteiger partial charge in [-0.05, 0) is 18.9 Å². The van der Waals surface area contributed by atoms with Gasteiger partial charge in [-0.2, -0.15) is 0 Å². The van der Waals surface area contributed by atoms with E-state index in [1.165, 1.54) is 0 Å². The summed E-state index contributed by atoms with van der Waals surface area (Å²) < 4.78 is 5.17. The molecule has 1 aliphatic rings. The lowest BCUT2D eigenvalue weighted by Gasteiger charge is -2.03. The maximum atomic E-state index is 11.6. The van der Waals surface area contributed by atoms with E-state index in [1.807, 2.05) is 30.3 Å². The van der Waals surface area contributed by atoms with Crippen LogP contribution in [-0.4, -0.2) is 5.97 Å². The van der Waals surface area contributed by atoms with Gasteiger partial charge in [0.05, 0.1) is 5.92 Å². The van der Waals surface area contributed by atoms with Crippen molar-refractivity contribution in [3.8, 4) is 11.8 Å². The Labute approximate surface area is 101 Å². The molecular formula is C15H14O2. The van der Waals surface area contributed by atoms with Crippen LogP contribution in [0.5, 0.6) is 0 Å². The van der Waals surface area contributed by atoms with Crippen LogP contribution in [0.1, 0.15) is 18.9 Å². The number of ether oxygens (including phenoxy) is 1. The number of carbonyl (C=O) groups is 1. The number of allylic oxidation sites excluding steroid dienone is 2. The first kappa shape index (κ1) is 11.5. The van der Waals surface area contributed by atoms with Crippen molar-refractivity contribution in [1.29, 1.82) is 0 Å². The number of hydrogen-bond acceptors (Lipinski definition) is 2. The number of esters is 1. The molecule has 1 fully saturated rings. The Morgan fingerprint density at radius 3 is 2.88 bits per heavy atom. The van der Waals surface area contributed by atoms with Gasteiger partial charge in [-0.1, -0.05) is 36.3 Å². The molecule has 86 valence electrons. The van der Waals surface area contributed by atoms with E-state index in [4.69, 9.17) is 4.74 Å². The molecule has 0 aromatic heterocycles. The van der Waals surface area contributed by atoms with Crippen molar-refractivity contribution in [2.45, 2.75) is 19.8 Å². The fourth-order valence-corrected chi connectivity index (χ4v) is 1.88. The maximum absolute atomic E-state index is 11.6. The molecule has 1 heterocycles. The average Bonchev–Trinajstić information content (AvgIpc) is 2.69. The topological polar surface area (TPSA) is 26.3 Å². The first-order chi connectivity index (χ1) is 8.29. The monoisotopic (exact) mass is 226 g/mol. The highest BCUT2D eigenvalue weighted by Gasteiger charge is 2.30. The van der Waals surface area contributed by atoms with Crippen LogP contribution in [-0.2, 0) is 16.0 Å². The first-order valence-corrected chi connectivity index (χ1v) is 5.66. The fourth-order valence-electron chi connectivity index (χ4n) is 1.88. The zero-order chi connectivity index (χ0) is 12.1. The van der Waals surface area contributed by atoms with Crippen LogP contribution in [0.15, 0.2) is 42.2 Å². The molecule has 1 unspecified atom stereocenters. The minimum Gasteiger partial charge on any atom is -0.430 e. The standard InChI is InChI=1S/C15H14O2/c1-2-3-9-14-11-13(15(16)17-14)10-12-7-5-4-6-8-12/h4-9,13H,10-11H2,1H3/b14-9+. The Hall–Kier alpha value is -2.01. The van der Waals surface area contributed by atoms with Gasteiger partial charge in [0.1, 0.15) is 5.76 Å². The van der Waals surface area contributed by atoms with E-state index >= 15 is 0 Å². The zero-order valence-corrected chi connectivity index (χ0v) is 9.77. The van der Waals surface area contributed by atoms with E-state index in [9.17, 15) is 4.79 Å². The van der Waals surface area contributed by atoms with E-state index in [2.05, 4.69) is 11.8 Å². The summed E-state index contributed by atoms with van der Waals surface area (Å²) in [6.45, 7) is 1.76. The molecule has 2 nitrogen and oxygen atoms in total. The third kappa shape index (κ3) is 2.98. The van der Waals surface area contributed by atoms with Gasteiger partial charge >= 0.3 is 5.97 Å². The number of carbonyl (C=O) groups excluding carboxylic acids is 1. The summed E-state index contributed by atoms with van der Waals surface area (Å²) in [5.74, 6) is 6.04. The third-order valence-corrected chi connectivity index (χ3v) is 2.72. The highest BCUT2D eigenvalue weighted by atomic mass is 16.5. The Bertz CT molecular complexity index is 489. The largest absolute Gasteiger partial charge is 0.430 e. The Balaban J connectivity index is 2.03. The van der Waals surface area contributed by atoms with Crippen molar-refractivity contribution in [3.05, 3.63) is 47.7 Å². The van der Waals surface area contributed by atoms with Crippen molar-refractivity contribution in [2.75, 3.05) is 0 Å². The predicted molar refractivity (Wildman–Crippen MR) is 65.9 cm³/mol. The molecule has 0 N–H and O–H groups in total. The molecule has 2 rings (SSSR count). The second kappa shape index (κ2) is 5.36. The molecule has 1 saturated heterocycles. The third-order valence-electron chi connectivity index (χ3n) is 2.72. The normalized spacial score (nSPS) is 20.9. The summed E-state index contributed by atoms with van der Waals surface area (Å²) in [7, 11) is 0. The molecule has 1 aromatic carbocycles. The van der Waals surface area contributed by atoms with Crippen LogP contribution in [0.4, 0.5) is 0 Å². The van der Waals surface area contributed by atoms with Gasteiger partial charge < -0.3 is 4.74 Å². The number of hydrogen-bond donors (Lipinski definition) is 0. The van der Waals surface area contributed by atoms with Gasteiger partial charge in [0.25, 0.3) is 0 Å². The summed E-state index contributed by atoms with van der Waals surface area (Å²) in [5, 5.41) is 0. The second-order valence-corrected chi connectivity index (χ2v) is 4.02. The van der Waals surface area contributed by atoms with Crippen LogP contribution < -0.4 is 0 Å². The molecule has 2 heteroatoms. The van der Waals surface area contributed by atoms with Crippen molar-refractivity contribution >= 4 is 5.97 Å². The van der Waals surface area contributed by atoms with E-state index in [-0.39, 0.29) is 11.9 Å². The van der Waals surface area contributed by atoms with Gasteiger partial charge in [0.2, 0.25) is 0 Å². The molecule has 0 saturated carbocycles. The Kier molecular flexibility index (Phi) is 3.62. The van der Waals surface area contributed by atoms with Crippen LogP contribution in [0.25, 0.3) is 0 Å². The summed E-state index contributed by atoms with van der Waals surface area (Å²) in [6, 6.07) is 9.99. The van der Waals surface area contributed by atoms with Crippen molar-refractivity contribution in [3.63, 3.8) is 0 Å². The molecule has 0 amide bonds. The van der Waals surface area contributed by atoms with Crippen molar-refractivity contribution < 1.29 is 9.53 Å². The molecule has 0 bridgehead atoms. The minimum absolute atomic E-state index is 0.0673. The lowest BCUT2D eigenvalue weighted by atomic mass is 9.97. The molecule has 1 atom stereocenters. The molecule has 0 radical (unpaired) electrons. The van der Waals surface area contributed by atoms with Crippen LogP contribution in [0.2, 0.25) is 0 Å². The fraction of sp³-hybridized carbons (Fsp3) is 0.267. The van der Waals surface area contributed by atoms with E-state index < -0.39 is 0 Å². The highest BCUT2D eigenvalue weighted by Crippen LogP contribution is 2.27. The smallest absolute Gasteiger partial charge is 0.314 e. The summed E-state index contributed by atoms with van der Waals surface area (Å²) in [5.41, 5.74) is 1.16. The van der Waals surface area contributed by atoms with Crippen LogP contribution in [0.3, 0.4) is 0 Å². The van der Waals surface area contributed by atoms with Gasteiger partial charge in [0, 0.05) is 12.5 Å². The molecule has 17 heavy (non-hydrogen) atoms. The van der Waals surface area contributed by atoms with Crippen LogP contribution >= 0.6 is 0 Å². The lowest BCUT2D eigenvalue weighted by molar-refractivity contribution is -0.139. The maximum Gasteiger partial charge on any atom is 0.314 e. The summed E-state index contributed by atoms with van der Waals surface area (Å²) >= 11 is 0. The molecular weight excluding hydrogens is 212 g/mol. The molecule has 0 aliphatic carbocycles. The predicted octanol–water partition coefficient (Wildman–Crippen LogP) is 2.70.